The van der Waals surface area contributed by atoms with Crippen molar-refractivity contribution in [3.8, 4) is 11.3 Å². The normalized spacial score (nSPS) is 12.3. The summed E-state index contributed by atoms with van der Waals surface area (Å²) in [7, 11) is 0. The van der Waals surface area contributed by atoms with Gasteiger partial charge in [-0.15, -0.1) is 0 Å². The molecule has 5 nitrogen and oxygen atoms in total. The van der Waals surface area contributed by atoms with E-state index in [2.05, 4.69) is 10.3 Å². The van der Waals surface area contributed by atoms with Crippen molar-refractivity contribution in [3.63, 3.8) is 0 Å². The number of anilines is 2. The summed E-state index contributed by atoms with van der Waals surface area (Å²) >= 11 is 6.26. The van der Waals surface area contributed by atoms with Gasteiger partial charge in [0.05, 0.1) is 29.9 Å². The third kappa shape index (κ3) is 4.63. The number of hydrogen-bond donors (Lipinski definition) is 2. The van der Waals surface area contributed by atoms with E-state index in [9.17, 15) is 13.6 Å². The van der Waals surface area contributed by atoms with E-state index < -0.39 is 17.6 Å². The lowest BCUT2D eigenvalue weighted by Gasteiger charge is -2.14. The van der Waals surface area contributed by atoms with Gasteiger partial charge in [-0.05, 0) is 48.0 Å². The van der Waals surface area contributed by atoms with Gasteiger partial charge in [-0.3, -0.25) is 9.79 Å². The van der Waals surface area contributed by atoms with Crippen molar-refractivity contribution in [3.05, 3.63) is 112 Å². The van der Waals surface area contributed by atoms with E-state index in [1.165, 1.54) is 18.2 Å². The highest BCUT2D eigenvalue weighted by Crippen LogP contribution is 2.35. The molecule has 0 aliphatic carbocycles. The number of nitrogens with zero attached hydrogens (tertiary/aromatic N) is 2. The Morgan fingerprint density at radius 1 is 0.971 bits per heavy atom. The molecule has 3 aromatic carbocycles. The van der Waals surface area contributed by atoms with Crippen LogP contribution in [-0.4, -0.2) is 21.8 Å². The largest absolute Gasteiger partial charge is 0.481 e. The fraction of sp³-hybridized carbons (Fsp3) is 0.0741. The number of nitrogens with one attached hydrogen (secondary N) is 1. The van der Waals surface area contributed by atoms with E-state index >= 15 is 0 Å². The molecule has 0 radical (unpaired) electrons. The first-order valence-electron chi connectivity index (χ1n) is 10.8. The second-order valence-electron chi connectivity index (χ2n) is 8.05. The maximum Gasteiger partial charge on any atom is 0.307 e. The van der Waals surface area contributed by atoms with Crippen molar-refractivity contribution in [2.45, 2.75) is 13.0 Å². The highest BCUT2D eigenvalue weighted by molar-refractivity contribution is 6.31. The third-order valence-electron chi connectivity index (χ3n) is 5.63. The highest BCUT2D eigenvalue weighted by atomic mass is 35.5. The molecule has 5 rings (SSSR count). The highest BCUT2D eigenvalue weighted by Gasteiger charge is 2.25. The Hall–Kier alpha value is -4.10. The maximum absolute atomic E-state index is 14.7. The molecular formula is C27H18ClF2N3O2. The zero-order valence-corrected chi connectivity index (χ0v) is 19.0. The summed E-state index contributed by atoms with van der Waals surface area (Å²) in [4.78, 5) is 20.4. The molecule has 8 heteroatoms. The van der Waals surface area contributed by atoms with Crippen LogP contribution in [0.4, 0.5) is 20.3 Å². The lowest BCUT2D eigenvalue weighted by Crippen LogP contribution is -2.10. The molecule has 174 valence electrons. The van der Waals surface area contributed by atoms with Crippen molar-refractivity contribution in [2.24, 2.45) is 4.99 Å². The van der Waals surface area contributed by atoms with Crippen molar-refractivity contribution in [1.29, 1.82) is 0 Å². The molecule has 0 fully saturated rings. The molecule has 0 amide bonds. The zero-order valence-electron chi connectivity index (χ0n) is 18.2. The van der Waals surface area contributed by atoms with Crippen LogP contribution < -0.4 is 5.32 Å². The van der Waals surface area contributed by atoms with Gasteiger partial charge in [-0.2, -0.15) is 0 Å². The number of aromatic nitrogens is 1. The number of rotatable bonds is 5. The molecule has 1 aromatic heterocycles. The minimum atomic E-state index is -0.914. The number of aliphatic carboxylic acids is 1. The molecule has 0 bridgehead atoms. The van der Waals surface area contributed by atoms with Crippen molar-refractivity contribution < 1.29 is 18.7 Å². The Kier molecular flexibility index (Phi) is 6.01. The quantitative estimate of drug-likeness (QED) is 0.340. The number of carboxylic acid groups (broad SMARTS) is 1. The van der Waals surface area contributed by atoms with Gasteiger partial charge in [-0.1, -0.05) is 41.9 Å². The molecule has 0 atom stereocenters. The number of halogens is 3. The van der Waals surface area contributed by atoms with Crippen molar-refractivity contribution in [1.82, 2.24) is 4.98 Å². The Morgan fingerprint density at radius 2 is 1.74 bits per heavy atom. The predicted octanol–water partition coefficient (Wildman–Crippen LogP) is 6.40. The first-order valence-corrected chi connectivity index (χ1v) is 11.1. The third-order valence-corrected chi connectivity index (χ3v) is 5.87. The number of benzene rings is 3. The van der Waals surface area contributed by atoms with Crippen LogP contribution in [0.3, 0.4) is 0 Å². The molecule has 2 heterocycles. The topological polar surface area (TPSA) is 74.6 Å². The Morgan fingerprint density at radius 3 is 2.51 bits per heavy atom. The molecule has 2 N–H and O–H groups in total. The first kappa shape index (κ1) is 22.7. The smallest absolute Gasteiger partial charge is 0.307 e. The van der Waals surface area contributed by atoms with Crippen LogP contribution in [0.5, 0.6) is 0 Å². The summed E-state index contributed by atoms with van der Waals surface area (Å²) in [6.07, 6.45) is -0.0893. The van der Waals surface area contributed by atoms with Crippen LogP contribution in [0.2, 0.25) is 5.02 Å². The monoisotopic (exact) mass is 489 g/mol. The SMILES string of the molecule is O=C(O)Cc1cccc(Nc2ccc3c(n2)-c2ccc(Cl)cc2C(c2c(F)cccc2F)=NC3)c1. The van der Waals surface area contributed by atoms with Crippen LogP contribution in [0.15, 0.2) is 77.8 Å². The van der Waals surface area contributed by atoms with E-state index in [4.69, 9.17) is 21.7 Å². The molecule has 35 heavy (non-hydrogen) atoms. The molecule has 4 aromatic rings. The number of carbonyl (C=O) groups is 1. The van der Waals surface area contributed by atoms with Gasteiger partial charge in [0.1, 0.15) is 17.5 Å². The standard InChI is InChI=1S/C27H18ClF2N3O2/c28-17-8-9-19-20(13-17)27(25-21(29)5-2-6-22(25)30)31-14-16-7-10-23(33-26(16)19)32-18-4-1-3-15(11-18)12-24(34)35/h1-11,13H,12,14H2,(H,32,33)(H,34,35). The molecule has 0 saturated heterocycles. The van der Waals surface area contributed by atoms with E-state index in [0.717, 1.165) is 5.56 Å². The minimum Gasteiger partial charge on any atom is -0.481 e. The fourth-order valence-electron chi connectivity index (χ4n) is 4.11. The fourth-order valence-corrected chi connectivity index (χ4v) is 4.28. The van der Waals surface area contributed by atoms with Gasteiger partial charge >= 0.3 is 5.97 Å². The Labute approximate surface area is 204 Å². The van der Waals surface area contributed by atoms with E-state index in [0.29, 0.717) is 38.9 Å². The van der Waals surface area contributed by atoms with Gasteiger partial charge in [0.15, 0.2) is 0 Å². The van der Waals surface area contributed by atoms with Gasteiger partial charge < -0.3 is 10.4 Å². The summed E-state index contributed by atoms with van der Waals surface area (Å²) in [5, 5.41) is 12.7. The molecule has 0 spiro atoms. The average molecular weight is 490 g/mol. The van der Waals surface area contributed by atoms with Crippen LogP contribution in [-0.2, 0) is 17.8 Å². The van der Waals surface area contributed by atoms with Gasteiger partial charge in [0, 0.05) is 27.4 Å². The number of fused-ring (bicyclic) bond motifs is 3. The zero-order chi connectivity index (χ0) is 24.5. The van der Waals surface area contributed by atoms with Gasteiger partial charge in [0.25, 0.3) is 0 Å². The first-order chi connectivity index (χ1) is 16.9. The lowest BCUT2D eigenvalue weighted by molar-refractivity contribution is -0.136. The number of hydrogen-bond acceptors (Lipinski definition) is 4. The summed E-state index contributed by atoms with van der Waals surface area (Å²) in [6, 6.07) is 19.5. The Bertz CT molecular complexity index is 1480. The van der Waals surface area contributed by atoms with Crippen molar-refractivity contribution in [2.75, 3.05) is 5.32 Å². The maximum atomic E-state index is 14.7. The minimum absolute atomic E-state index is 0.0893. The van der Waals surface area contributed by atoms with Gasteiger partial charge in [-0.25, -0.2) is 13.8 Å². The van der Waals surface area contributed by atoms with E-state index in [-0.39, 0.29) is 24.2 Å². The molecule has 1 aliphatic rings. The van der Waals surface area contributed by atoms with Crippen molar-refractivity contribution >= 4 is 34.8 Å². The van der Waals surface area contributed by atoms with E-state index in [1.54, 1.807) is 42.5 Å². The number of carboxylic acids is 1. The average Bonchev–Trinajstić information content (AvgIpc) is 2.96. The van der Waals surface area contributed by atoms with Gasteiger partial charge in [0.2, 0.25) is 0 Å². The molecule has 0 unspecified atom stereocenters. The molecule has 1 aliphatic heterocycles. The van der Waals surface area contributed by atoms with Crippen LogP contribution in [0.25, 0.3) is 11.3 Å². The molecular weight excluding hydrogens is 472 g/mol. The van der Waals surface area contributed by atoms with Crippen LogP contribution >= 0.6 is 11.6 Å². The number of pyridine rings is 1. The summed E-state index contributed by atoms with van der Waals surface area (Å²) in [5.74, 6) is -1.81. The second kappa shape index (κ2) is 9.27. The number of aliphatic imine (C=N–C) groups is 1. The van der Waals surface area contributed by atoms with Crippen LogP contribution in [0.1, 0.15) is 22.3 Å². The summed E-state index contributed by atoms with van der Waals surface area (Å²) in [6.45, 7) is 0.173. The predicted molar refractivity (Wildman–Crippen MR) is 131 cm³/mol. The lowest BCUT2D eigenvalue weighted by atomic mass is 9.94. The van der Waals surface area contributed by atoms with E-state index in [1.807, 2.05) is 12.1 Å². The second-order valence-corrected chi connectivity index (χ2v) is 8.49. The van der Waals surface area contributed by atoms with Crippen LogP contribution in [0, 0.1) is 11.6 Å². The summed E-state index contributed by atoms with van der Waals surface area (Å²) in [5.41, 5.74) is 3.82. The summed E-state index contributed by atoms with van der Waals surface area (Å²) < 4.78 is 29.4. The molecule has 0 saturated carbocycles. The Balaban J connectivity index is 1.58.